The Balaban J connectivity index is 0.00000218. The van der Waals surface area contributed by atoms with E-state index in [0.717, 1.165) is 43.9 Å². The van der Waals surface area contributed by atoms with Gasteiger partial charge in [0, 0.05) is 18.1 Å². The van der Waals surface area contributed by atoms with Crippen molar-refractivity contribution in [3.05, 3.63) is 42.2 Å². The van der Waals surface area contributed by atoms with E-state index in [4.69, 9.17) is 0 Å². The minimum Gasteiger partial charge on any atom is -1.00 e. The van der Waals surface area contributed by atoms with Gasteiger partial charge >= 0.3 is 0 Å². The monoisotopic (exact) mass is 521 g/mol. The van der Waals surface area contributed by atoms with Gasteiger partial charge in [-0.25, -0.2) is 0 Å². The van der Waals surface area contributed by atoms with Gasteiger partial charge in [0.2, 0.25) is 12.3 Å². The number of hydrogen-bond acceptors (Lipinski definition) is 2. The lowest BCUT2D eigenvalue weighted by molar-refractivity contribution is -0.684. The molecular weight excluding hydrogens is 485 g/mol. The number of carbonyl (C=O) groups excluding carboxylic acids is 1. The van der Waals surface area contributed by atoms with Crippen molar-refractivity contribution in [2.45, 2.75) is 77.9 Å². The summed E-state index contributed by atoms with van der Waals surface area (Å²) in [6, 6.07) is 6.02. The van der Waals surface area contributed by atoms with E-state index in [-0.39, 0.29) is 46.8 Å². The van der Waals surface area contributed by atoms with Crippen LogP contribution in [0.3, 0.4) is 0 Å². The topological polar surface area (TPSA) is 41.2 Å². The number of fused-ring (bicyclic) bond motifs is 5. The minimum atomic E-state index is -0.135. The Kier molecular flexibility index (Phi) is 6.22. The molecular formula is C26H36INO2. The van der Waals surface area contributed by atoms with E-state index in [1.807, 2.05) is 35.2 Å². The van der Waals surface area contributed by atoms with Crippen LogP contribution in [0.4, 0.5) is 0 Å². The number of ketones is 1. The number of hydrogen-bond donors (Lipinski definition) is 1. The first-order valence-electron chi connectivity index (χ1n) is 11.8. The van der Waals surface area contributed by atoms with Gasteiger partial charge in [-0.2, -0.15) is 4.57 Å². The molecule has 0 radical (unpaired) electrons. The third-order valence-electron chi connectivity index (χ3n) is 9.58. The van der Waals surface area contributed by atoms with Crippen molar-refractivity contribution in [3.8, 4) is 0 Å². The van der Waals surface area contributed by atoms with Crippen molar-refractivity contribution < 1.29 is 38.4 Å². The molecule has 1 N–H and O–H groups in total. The number of allylic oxidation sites excluding steroid dienone is 1. The Morgan fingerprint density at radius 2 is 1.83 bits per heavy atom. The van der Waals surface area contributed by atoms with E-state index in [2.05, 4.69) is 19.9 Å². The molecule has 1 aromatic heterocycles. The summed E-state index contributed by atoms with van der Waals surface area (Å²) in [5.74, 6) is 2.79. The number of aliphatic hydroxyl groups is 1. The number of nitrogens with zero attached hydrogens (tertiary/aromatic N) is 1. The highest BCUT2D eigenvalue weighted by molar-refractivity contribution is 5.81. The number of aliphatic hydroxyl groups excluding tert-OH is 1. The smallest absolute Gasteiger partial charge is 0.206 e. The van der Waals surface area contributed by atoms with Crippen LogP contribution in [0.2, 0.25) is 0 Å². The molecule has 0 spiro atoms. The van der Waals surface area contributed by atoms with Gasteiger partial charge in [-0.3, -0.25) is 4.79 Å². The molecule has 7 atom stereocenters. The van der Waals surface area contributed by atoms with Crippen molar-refractivity contribution in [2.75, 3.05) is 0 Å². The summed E-state index contributed by atoms with van der Waals surface area (Å²) in [5.41, 5.74) is 1.99. The molecule has 0 bridgehead atoms. The molecule has 30 heavy (non-hydrogen) atoms. The maximum atomic E-state index is 13.3. The Hall–Kier alpha value is -0.750. The third kappa shape index (κ3) is 3.50. The molecule has 3 nitrogen and oxygen atoms in total. The molecule has 0 saturated heterocycles. The van der Waals surface area contributed by atoms with E-state index < -0.39 is 0 Å². The first-order valence-corrected chi connectivity index (χ1v) is 11.8. The molecule has 5 rings (SSSR count). The van der Waals surface area contributed by atoms with Crippen LogP contribution in [-0.4, -0.2) is 17.0 Å². The van der Waals surface area contributed by atoms with Gasteiger partial charge < -0.3 is 29.1 Å². The van der Waals surface area contributed by atoms with Crippen LogP contribution in [-0.2, 0) is 11.3 Å². The fourth-order valence-corrected chi connectivity index (χ4v) is 8.00. The number of aromatic nitrogens is 1. The van der Waals surface area contributed by atoms with Crippen molar-refractivity contribution in [1.82, 2.24) is 0 Å². The van der Waals surface area contributed by atoms with Crippen molar-refractivity contribution >= 4 is 5.78 Å². The van der Waals surface area contributed by atoms with Crippen molar-refractivity contribution in [3.63, 3.8) is 0 Å². The van der Waals surface area contributed by atoms with Gasteiger partial charge in [0.25, 0.3) is 0 Å². The van der Waals surface area contributed by atoms with Crippen LogP contribution in [0.15, 0.2) is 42.2 Å². The summed E-state index contributed by atoms with van der Waals surface area (Å²) >= 11 is 0. The van der Waals surface area contributed by atoms with Gasteiger partial charge in [0.05, 0.1) is 6.10 Å². The Morgan fingerprint density at radius 3 is 2.60 bits per heavy atom. The van der Waals surface area contributed by atoms with Gasteiger partial charge in [0.15, 0.2) is 12.4 Å². The summed E-state index contributed by atoms with van der Waals surface area (Å²) in [6.07, 6.45) is 15.3. The second-order valence-electron chi connectivity index (χ2n) is 10.8. The third-order valence-corrected chi connectivity index (χ3v) is 9.58. The number of Topliss-reactive ketones (excluding diaryl/α,β-unsaturated/α-hetero) is 1. The highest BCUT2D eigenvalue weighted by Crippen LogP contribution is 2.66. The maximum absolute atomic E-state index is 13.3. The Labute approximate surface area is 198 Å². The predicted molar refractivity (Wildman–Crippen MR) is 113 cm³/mol. The van der Waals surface area contributed by atoms with Gasteiger partial charge in [-0.05, 0) is 80.0 Å². The highest BCUT2D eigenvalue weighted by Gasteiger charge is 2.59. The summed E-state index contributed by atoms with van der Waals surface area (Å²) < 4.78 is 2.04. The lowest BCUT2D eigenvalue weighted by Gasteiger charge is -2.57. The molecule has 5 unspecified atom stereocenters. The molecule has 4 aliphatic carbocycles. The fourth-order valence-electron chi connectivity index (χ4n) is 8.00. The van der Waals surface area contributed by atoms with E-state index in [0.29, 0.717) is 18.2 Å². The first-order chi connectivity index (χ1) is 13.9. The summed E-state index contributed by atoms with van der Waals surface area (Å²) in [6.45, 7) is 5.43. The minimum absolute atomic E-state index is 0. The SMILES string of the molecule is C[C@]12CCC3C(CC=C4CC(O)CC[C@@]43C)C1CCC2C(=O)C[n+]1ccccc1.[I-]. The zero-order valence-corrected chi connectivity index (χ0v) is 20.6. The van der Waals surface area contributed by atoms with Crippen LogP contribution >= 0.6 is 0 Å². The lowest BCUT2D eigenvalue weighted by Crippen LogP contribution is -3.00. The molecule has 4 aliphatic rings. The van der Waals surface area contributed by atoms with Crippen LogP contribution in [0.25, 0.3) is 0 Å². The van der Waals surface area contributed by atoms with Gasteiger partial charge in [-0.15, -0.1) is 0 Å². The maximum Gasteiger partial charge on any atom is 0.206 e. The van der Waals surface area contributed by atoms with E-state index in [9.17, 15) is 9.90 Å². The molecule has 3 fully saturated rings. The second-order valence-corrected chi connectivity index (χ2v) is 10.8. The van der Waals surface area contributed by atoms with Crippen LogP contribution in [0.5, 0.6) is 0 Å². The normalized spacial score (nSPS) is 42.2. The van der Waals surface area contributed by atoms with Crippen molar-refractivity contribution in [1.29, 1.82) is 0 Å². The first kappa shape index (κ1) is 22.4. The fraction of sp³-hybridized carbons (Fsp3) is 0.692. The van der Waals surface area contributed by atoms with Crippen molar-refractivity contribution in [2.24, 2.45) is 34.5 Å². The molecule has 1 aromatic rings. The molecule has 4 heteroatoms. The number of rotatable bonds is 3. The van der Waals surface area contributed by atoms with E-state index >= 15 is 0 Å². The standard InChI is InChI=1S/C26H36NO2.HI/c1-25-12-10-19(28)16-18(25)6-7-20-21-8-9-23(26(21,2)13-11-22(20)25)24(29)17-27-14-4-3-5-15-27;/h3-6,14-15,19-23,28H,7-13,16-17H2,1-2H3;1H/q+1;/p-1/t19?,20?,21?,22?,23?,25-,26-;/m0./s1. The van der Waals surface area contributed by atoms with Crippen LogP contribution < -0.4 is 28.5 Å². The van der Waals surface area contributed by atoms with Gasteiger partial charge in [0.1, 0.15) is 0 Å². The summed E-state index contributed by atoms with van der Waals surface area (Å²) in [4.78, 5) is 13.3. The quantitative estimate of drug-likeness (QED) is 0.372. The summed E-state index contributed by atoms with van der Waals surface area (Å²) in [5, 5.41) is 10.2. The Morgan fingerprint density at radius 1 is 1.07 bits per heavy atom. The molecule has 0 aliphatic heterocycles. The predicted octanol–water partition coefficient (Wildman–Crippen LogP) is 1.49. The average molecular weight is 521 g/mol. The zero-order valence-electron chi connectivity index (χ0n) is 18.4. The zero-order chi connectivity index (χ0) is 20.2. The molecule has 164 valence electrons. The second kappa shape index (κ2) is 8.31. The van der Waals surface area contributed by atoms with Crippen LogP contribution in [0.1, 0.15) is 65.2 Å². The number of pyridine rings is 1. The van der Waals surface area contributed by atoms with E-state index in [1.54, 1.807) is 0 Å². The molecule has 0 amide bonds. The highest BCUT2D eigenvalue weighted by atomic mass is 127. The number of carbonyl (C=O) groups is 1. The summed E-state index contributed by atoms with van der Waals surface area (Å²) in [7, 11) is 0. The lowest BCUT2D eigenvalue weighted by atomic mass is 9.47. The Bertz CT molecular complexity index is 824. The largest absolute Gasteiger partial charge is 1.00 e. The van der Waals surface area contributed by atoms with Gasteiger partial charge in [-0.1, -0.05) is 31.6 Å². The molecule has 1 heterocycles. The van der Waals surface area contributed by atoms with E-state index in [1.165, 1.54) is 24.8 Å². The molecule has 3 saturated carbocycles. The molecule has 0 aromatic carbocycles. The number of halogens is 1. The average Bonchev–Trinajstić information content (AvgIpc) is 3.06. The van der Waals surface area contributed by atoms with Crippen LogP contribution in [0, 0.1) is 34.5 Å².